The van der Waals surface area contributed by atoms with Gasteiger partial charge in [-0.25, -0.2) is 0 Å². The van der Waals surface area contributed by atoms with Gasteiger partial charge in [0, 0.05) is 12.0 Å². The molecule has 21 heavy (non-hydrogen) atoms. The van der Waals surface area contributed by atoms with Gasteiger partial charge in [0.2, 0.25) is 17.6 Å². The highest BCUT2D eigenvalue weighted by molar-refractivity contribution is 7.09. The predicted octanol–water partition coefficient (Wildman–Crippen LogP) is 3.35. The van der Waals surface area contributed by atoms with Gasteiger partial charge >= 0.3 is 0 Å². The standard InChI is InChI=1S/C15H17N3O2S/c1-19-12-6-11(21-18-12)14-16-15(20-17-14)13-7-2-3-9-8(4-7)5-10(9)13/h6-10,13H,2-5H2,1H3. The van der Waals surface area contributed by atoms with Crippen LogP contribution >= 0.6 is 11.5 Å². The molecule has 2 aromatic heterocycles. The van der Waals surface area contributed by atoms with Gasteiger partial charge in [0.05, 0.1) is 12.0 Å². The van der Waals surface area contributed by atoms with Crippen molar-refractivity contribution in [2.75, 3.05) is 7.11 Å². The van der Waals surface area contributed by atoms with Gasteiger partial charge < -0.3 is 9.26 Å². The lowest BCUT2D eigenvalue weighted by Crippen LogP contribution is -2.52. The van der Waals surface area contributed by atoms with E-state index in [1.54, 1.807) is 7.11 Å². The van der Waals surface area contributed by atoms with Crippen molar-refractivity contribution >= 4 is 11.5 Å². The average Bonchev–Trinajstić information content (AvgIpc) is 3.15. The van der Waals surface area contributed by atoms with Crippen LogP contribution in [-0.4, -0.2) is 21.6 Å². The Morgan fingerprint density at radius 1 is 1.24 bits per heavy atom. The minimum atomic E-state index is 0.504. The van der Waals surface area contributed by atoms with Crippen LogP contribution in [-0.2, 0) is 0 Å². The van der Waals surface area contributed by atoms with Gasteiger partial charge in [-0.1, -0.05) is 5.16 Å². The third-order valence-electron chi connectivity index (χ3n) is 5.82. The van der Waals surface area contributed by atoms with E-state index in [-0.39, 0.29) is 0 Å². The van der Waals surface area contributed by atoms with Crippen LogP contribution in [0.1, 0.15) is 37.5 Å². The van der Waals surface area contributed by atoms with E-state index in [2.05, 4.69) is 14.5 Å². The minimum absolute atomic E-state index is 0.504. The molecule has 0 spiro atoms. The Hall–Kier alpha value is -1.43. The van der Waals surface area contributed by atoms with Crippen molar-refractivity contribution in [2.45, 2.75) is 31.6 Å². The van der Waals surface area contributed by atoms with Gasteiger partial charge in [-0.05, 0) is 60.9 Å². The molecule has 4 aliphatic rings. The summed E-state index contributed by atoms with van der Waals surface area (Å²) in [5, 5.41) is 4.17. The normalized spacial score (nSPS) is 36.5. The molecule has 6 heteroatoms. The summed E-state index contributed by atoms with van der Waals surface area (Å²) in [6, 6.07) is 1.87. The third-order valence-corrected chi connectivity index (χ3v) is 6.59. The molecule has 2 aromatic rings. The van der Waals surface area contributed by atoms with E-state index < -0.39 is 0 Å². The van der Waals surface area contributed by atoms with Crippen LogP contribution in [0.5, 0.6) is 5.88 Å². The number of nitrogens with zero attached hydrogens (tertiary/aromatic N) is 3. The van der Waals surface area contributed by atoms with Crippen LogP contribution in [0, 0.1) is 23.7 Å². The molecule has 5 atom stereocenters. The van der Waals surface area contributed by atoms with E-state index in [1.807, 2.05) is 6.07 Å². The van der Waals surface area contributed by atoms with E-state index in [1.165, 1.54) is 37.2 Å². The van der Waals surface area contributed by atoms with E-state index in [4.69, 9.17) is 9.26 Å². The largest absolute Gasteiger partial charge is 0.480 e. The second kappa shape index (κ2) is 4.29. The zero-order valence-corrected chi connectivity index (χ0v) is 12.7. The fourth-order valence-corrected chi connectivity index (χ4v) is 5.53. The van der Waals surface area contributed by atoms with Gasteiger partial charge in [-0.2, -0.15) is 9.36 Å². The quantitative estimate of drug-likeness (QED) is 0.870. The number of hydrogen-bond acceptors (Lipinski definition) is 6. The van der Waals surface area contributed by atoms with Crippen LogP contribution in [0.4, 0.5) is 0 Å². The second-order valence-corrected chi connectivity index (χ2v) is 7.42. The molecule has 5 unspecified atom stereocenters. The van der Waals surface area contributed by atoms with Crippen molar-refractivity contribution in [3.05, 3.63) is 12.0 Å². The molecule has 4 saturated carbocycles. The Labute approximate surface area is 126 Å². The zero-order valence-electron chi connectivity index (χ0n) is 11.9. The van der Waals surface area contributed by atoms with Gasteiger partial charge in [0.25, 0.3) is 0 Å². The van der Waals surface area contributed by atoms with Crippen molar-refractivity contribution < 1.29 is 9.26 Å². The fraction of sp³-hybridized carbons (Fsp3) is 0.667. The van der Waals surface area contributed by atoms with Crippen LogP contribution in [0.2, 0.25) is 0 Å². The number of methoxy groups -OCH3 is 1. The van der Waals surface area contributed by atoms with Crippen molar-refractivity contribution in [3.63, 3.8) is 0 Å². The number of rotatable bonds is 3. The molecule has 0 radical (unpaired) electrons. The summed E-state index contributed by atoms with van der Waals surface area (Å²) in [7, 11) is 1.62. The zero-order chi connectivity index (χ0) is 14.0. The Kier molecular flexibility index (Phi) is 2.48. The number of aromatic nitrogens is 3. The SMILES string of the molecule is COc1cc(-c2noc(C3C4CCC5C(C4)CC53)n2)sn1. The Morgan fingerprint density at radius 3 is 2.90 bits per heavy atom. The van der Waals surface area contributed by atoms with Gasteiger partial charge in [-0.15, -0.1) is 0 Å². The molecule has 0 aliphatic heterocycles. The van der Waals surface area contributed by atoms with Crippen LogP contribution < -0.4 is 4.74 Å². The van der Waals surface area contributed by atoms with E-state index in [0.29, 0.717) is 17.6 Å². The Bertz CT molecular complexity index is 678. The van der Waals surface area contributed by atoms with Gasteiger partial charge in [0.1, 0.15) is 0 Å². The maximum atomic E-state index is 5.63. The summed E-state index contributed by atoms with van der Waals surface area (Å²) in [6.07, 6.45) is 5.51. The van der Waals surface area contributed by atoms with E-state index in [0.717, 1.165) is 34.4 Å². The molecule has 2 heterocycles. The first kappa shape index (κ1) is 12.1. The van der Waals surface area contributed by atoms with Crippen molar-refractivity contribution in [2.24, 2.45) is 23.7 Å². The molecule has 5 nitrogen and oxygen atoms in total. The molecule has 0 amide bonds. The van der Waals surface area contributed by atoms with Crippen molar-refractivity contribution in [3.8, 4) is 16.6 Å². The monoisotopic (exact) mass is 303 g/mol. The first-order valence-corrected chi connectivity index (χ1v) is 8.45. The van der Waals surface area contributed by atoms with Gasteiger partial charge in [-0.3, -0.25) is 0 Å². The highest BCUT2D eigenvalue weighted by Crippen LogP contribution is 2.65. The Balaban J connectivity index is 1.46. The molecule has 0 saturated heterocycles. The summed E-state index contributed by atoms with van der Waals surface area (Å²) in [5.41, 5.74) is 0. The lowest BCUT2D eigenvalue weighted by atomic mass is 9.44. The summed E-state index contributed by atoms with van der Waals surface area (Å²) < 4.78 is 14.9. The molecule has 0 N–H and O–H groups in total. The smallest absolute Gasteiger partial charge is 0.230 e. The van der Waals surface area contributed by atoms with Crippen LogP contribution in [0.3, 0.4) is 0 Å². The van der Waals surface area contributed by atoms with Crippen LogP contribution in [0.25, 0.3) is 10.7 Å². The average molecular weight is 303 g/mol. The van der Waals surface area contributed by atoms with Gasteiger partial charge in [0.15, 0.2) is 0 Å². The third kappa shape index (κ3) is 1.65. The topological polar surface area (TPSA) is 61.0 Å². The number of hydrogen-bond donors (Lipinski definition) is 0. The van der Waals surface area contributed by atoms with E-state index >= 15 is 0 Å². The van der Waals surface area contributed by atoms with E-state index in [9.17, 15) is 0 Å². The molecule has 110 valence electrons. The molecule has 4 bridgehead atoms. The van der Waals surface area contributed by atoms with Crippen molar-refractivity contribution in [1.82, 2.24) is 14.5 Å². The first-order valence-electron chi connectivity index (χ1n) is 7.68. The maximum Gasteiger partial charge on any atom is 0.230 e. The molecule has 4 aliphatic carbocycles. The number of ether oxygens (including phenoxy) is 1. The highest BCUT2D eigenvalue weighted by atomic mass is 32.1. The predicted molar refractivity (Wildman–Crippen MR) is 77.1 cm³/mol. The van der Waals surface area contributed by atoms with Crippen LogP contribution in [0.15, 0.2) is 10.6 Å². The lowest BCUT2D eigenvalue weighted by Gasteiger charge is -2.60. The first-order chi connectivity index (χ1) is 10.3. The summed E-state index contributed by atoms with van der Waals surface area (Å²) >= 11 is 1.35. The molecule has 6 rings (SSSR count). The highest BCUT2D eigenvalue weighted by Gasteiger charge is 2.57. The molecular weight excluding hydrogens is 286 g/mol. The molecule has 4 fully saturated rings. The fourth-order valence-electron chi connectivity index (χ4n) is 4.89. The summed E-state index contributed by atoms with van der Waals surface area (Å²) in [4.78, 5) is 5.59. The molecule has 0 aromatic carbocycles. The minimum Gasteiger partial charge on any atom is -0.480 e. The summed E-state index contributed by atoms with van der Waals surface area (Å²) in [6.45, 7) is 0. The summed E-state index contributed by atoms with van der Waals surface area (Å²) in [5.74, 6) is 6.12. The molecular formula is C15H17N3O2S. The Morgan fingerprint density at radius 2 is 2.19 bits per heavy atom. The lowest BCUT2D eigenvalue weighted by molar-refractivity contribution is -0.0975. The van der Waals surface area contributed by atoms with Crippen molar-refractivity contribution in [1.29, 1.82) is 0 Å². The second-order valence-electron chi connectivity index (χ2n) is 6.61. The number of fused-ring (bicyclic) bond motifs is 1. The maximum absolute atomic E-state index is 5.63.